The Kier molecular flexibility index (Phi) is 3.26. The van der Waals surface area contributed by atoms with E-state index in [2.05, 4.69) is 17.6 Å². The van der Waals surface area contributed by atoms with Crippen LogP contribution in [0.1, 0.15) is 32.6 Å². The van der Waals surface area contributed by atoms with Crippen LogP contribution in [-0.4, -0.2) is 37.2 Å². The smallest absolute Gasteiger partial charge is 0.246 e. The van der Waals surface area contributed by atoms with Crippen molar-refractivity contribution < 1.29 is 9.53 Å². The van der Waals surface area contributed by atoms with Gasteiger partial charge in [-0.1, -0.05) is 13.3 Å². The Bertz CT molecular complexity index is 237. The van der Waals surface area contributed by atoms with Crippen LogP contribution in [-0.2, 0) is 9.53 Å². The molecule has 0 aromatic rings. The molecule has 2 rings (SSSR count). The molecule has 2 saturated heterocycles. The van der Waals surface area contributed by atoms with Gasteiger partial charge in [-0.2, -0.15) is 0 Å². The largest absolute Gasteiger partial charge is 0.363 e. The van der Waals surface area contributed by atoms with E-state index in [0.717, 1.165) is 38.8 Å². The normalized spacial score (nSPS) is 30.2. The number of hydrogen-bond donors (Lipinski definition) is 2. The molecule has 1 atom stereocenters. The summed E-state index contributed by atoms with van der Waals surface area (Å²) in [5.74, 6) is 0.0395. The zero-order chi connectivity index (χ0) is 10.7. The third kappa shape index (κ3) is 2.16. The third-order valence-electron chi connectivity index (χ3n) is 3.49. The van der Waals surface area contributed by atoms with Gasteiger partial charge in [0, 0.05) is 0 Å². The topological polar surface area (TPSA) is 50.4 Å². The highest BCUT2D eigenvalue weighted by molar-refractivity contribution is 5.78. The minimum Gasteiger partial charge on any atom is -0.363 e. The van der Waals surface area contributed by atoms with Crippen LogP contribution in [0, 0.1) is 0 Å². The Balaban J connectivity index is 2.08. The lowest BCUT2D eigenvalue weighted by molar-refractivity contribution is -0.157. The summed E-state index contributed by atoms with van der Waals surface area (Å²) in [6.45, 7) is 4.38. The van der Waals surface area contributed by atoms with E-state index in [1.165, 1.54) is 0 Å². The second kappa shape index (κ2) is 4.49. The van der Waals surface area contributed by atoms with E-state index in [-0.39, 0.29) is 24.2 Å². The molecule has 1 amide bonds. The molecule has 0 bridgehead atoms. The summed E-state index contributed by atoms with van der Waals surface area (Å²) >= 11 is 0. The molecule has 2 heterocycles. The van der Waals surface area contributed by atoms with Crippen LogP contribution in [0.5, 0.6) is 0 Å². The molecule has 2 fully saturated rings. The monoisotopic (exact) mass is 212 g/mol. The van der Waals surface area contributed by atoms with Crippen molar-refractivity contribution in [3.05, 3.63) is 0 Å². The fourth-order valence-corrected chi connectivity index (χ4v) is 2.64. The number of piperidine rings is 1. The first-order valence-electron chi connectivity index (χ1n) is 5.91. The summed E-state index contributed by atoms with van der Waals surface area (Å²) in [7, 11) is 0. The molecule has 4 heteroatoms. The van der Waals surface area contributed by atoms with Gasteiger partial charge in [0.05, 0.1) is 11.6 Å². The van der Waals surface area contributed by atoms with E-state index in [4.69, 9.17) is 4.74 Å². The predicted molar refractivity (Wildman–Crippen MR) is 57.6 cm³/mol. The van der Waals surface area contributed by atoms with Crippen molar-refractivity contribution in [2.75, 3.05) is 19.7 Å². The highest BCUT2D eigenvalue weighted by Crippen LogP contribution is 2.31. The van der Waals surface area contributed by atoms with Crippen molar-refractivity contribution >= 4 is 5.91 Å². The fourth-order valence-electron chi connectivity index (χ4n) is 2.64. The highest BCUT2D eigenvalue weighted by Gasteiger charge is 2.44. The van der Waals surface area contributed by atoms with E-state index >= 15 is 0 Å². The number of rotatable bonds is 2. The lowest BCUT2D eigenvalue weighted by Crippen LogP contribution is -2.63. The minimum absolute atomic E-state index is 0.0395. The molecule has 2 N–H and O–H groups in total. The lowest BCUT2D eigenvalue weighted by Gasteiger charge is -2.46. The maximum Gasteiger partial charge on any atom is 0.246 e. The van der Waals surface area contributed by atoms with E-state index in [1.54, 1.807) is 0 Å². The summed E-state index contributed by atoms with van der Waals surface area (Å²) in [6.07, 6.45) is 4.13. The summed E-state index contributed by atoms with van der Waals surface area (Å²) in [5, 5.41) is 6.42. The predicted octanol–water partition coefficient (Wildman–Crippen LogP) is 0.424. The average molecular weight is 212 g/mol. The van der Waals surface area contributed by atoms with Crippen molar-refractivity contribution in [1.82, 2.24) is 10.6 Å². The standard InChI is InChI=1S/C11H20N2O2/c1-2-3-9-11(4-6-12-7-5-11)15-8-10(14)13-9/h9,12H,2-8H2,1H3,(H,13,14). The van der Waals surface area contributed by atoms with Gasteiger partial charge in [-0.25, -0.2) is 0 Å². The highest BCUT2D eigenvalue weighted by atomic mass is 16.5. The Labute approximate surface area is 90.8 Å². The maximum absolute atomic E-state index is 11.3. The van der Waals surface area contributed by atoms with Gasteiger partial charge in [-0.3, -0.25) is 4.79 Å². The molecule has 86 valence electrons. The van der Waals surface area contributed by atoms with Crippen molar-refractivity contribution in [2.45, 2.75) is 44.2 Å². The van der Waals surface area contributed by atoms with Crippen molar-refractivity contribution in [2.24, 2.45) is 0 Å². The summed E-state index contributed by atoms with van der Waals surface area (Å²) in [4.78, 5) is 11.3. The van der Waals surface area contributed by atoms with Gasteiger partial charge in [-0.15, -0.1) is 0 Å². The Morgan fingerprint density at radius 3 is 2.87 bits per heavy atom. The second-order valence-corrected chi connectivity index (χ2v) is 4.51. The molecule has 0 aromatic carbocycles. The second-order valence-electron chi connectivity index (χ2n) is 4.51. The number of nitrogens with one attached hydrogen (secondary N) is 2. The van der Waals surface area contributed by atoms with Crippen LogP contribution in [0.15, 0.2) is 0 Å². The summed E-state index contributed by atoms with van der Waals surface area (Å²) in [5.41, 5.74) is -0.0881. The molecule has 2 aliphatic rings. The molecule has 1 unspecified atom stereocenters. The van der Waals surface area contributed by atoms with Gasteiger partial charge in [0.15, 0.2) is 0 Å². The fraction of sp³-hybridized carbons (Fsp3) is 0.909. The van der Waals surface area contributed by atoms with Crippen LogP contribution >= 0.6 is 0 Å². The first-order chi connectivity index (χ1) is 7.27. The first kappa shape index (κ1) is 10.9. The zero-order valence-electron chi connectivity index (χ0n) is 9.34. The van der Waals surface area contributed by atoms with Gasteiger partial charge in [0.2, 0.25) is 5.91 Å². The van der Waals surface area contributed by atoms with E-state index in [9.17, 15) is 4.79 Å². The molecule has 2 aliphatic heterocycles. The zero-order valence-corrected chi connectivity index (χ0v) is 9.34. The third-order valence-corrected chi connectivity index (χ3v) is 3.49. The minimum atomic E-state index is -0.0881. The van der Waals surface area contributed by atoms with Gasteiger partial charge >= 0.3 is 0 Å². The number of amides is 1. The van der Waals surface area contributed by atoms with E-state index in [0.29, 0.717) is 0 Å². The van der Waals surface area contributed by atoms with Crippen molar-refractivity contribution in [1.29, 1.82) is 0 Å². The Hall–Kier alpha value is -0.610. The number of carbonyl (C=O) groups is 1. The first-order valence-corrected chi connectivity index (χ1v) is 5.91. The van der Waals surface area contributed by atoms with Gasteiger partial charge in [0.1, 0.15) is 6.61 Å². The van der Waals surface area contributed by atoms with Gasteiger partial charge < -0.3 is 15.4 Å². The Morgan fingerprint density at radius 2 is 2.20 bits per heavy atom. The molecule has 0 saturated carbocycles. The van der Waals surface area contributed by atoms with Crippen LogP contribution in [0.25, 0.3) is 0 Å². The van der Waals surface area contributed by atoms with E-state index < -0.39 is 0 Å². The summed E-state index contributed by atoms with van der Waals surface area (Å²) in [6, 6.07) is 0.214. The molecule has 4 nitrogen and oxygen atoms in total. The van der Waals surface area contributed by atoms with Crippen LogP contribution in [0.2, 0.25) is 0 Å². The SMILES string of the molecule is CCCC1NC(=O)COC12CCNCC2. The number of hydrogen-bond acceptors (Lipinski definition) is 3. The van der Waals surface area contributed by atoms with Crippen LogP contribution < -0.4 is 10.6 Å². The maximum atomic E-state index is 11.3. The molecular weight excluding hydrogens is 192 g/mol. The van der Waals surface area contributed by atoms with Crippen molar-refractivity contribution in [3.63, 3.8) is 0 Å². The molecule has 0 aromatic heterocycles. The summed E-state index contributed by atoms with van der Waals surface area (Å²) < 4.78 is 5.83. The molecular formula is C11H20N2O2. The average Bonchev–Trinajstić information content (AvgIpc) is 2.26. The Morgan fingerprint density at radius 1 is 1.47 bits per heavy atom. The number of morpholine rings is 1. The number of ether oxygens (including phenoxy) is 1. The lowest BCUT2D eigenvalue weighted by atomic mass is 9.81. The molecule has 15 heavy (non-hydrogen) atoms. The molecule has 0 radical (unpaired) electrons. The molecule has 1 spiro atoms. The molecule has 0 aliphatic carbocycles. The van der Waals surface area contributed by atoms with Crippen LogP contribution in [0.3, 0.4) is 0 Å². The van der Waals surface area contributed by atoms with Crippen molar-refractivity contribution in [3.8, 4) is 0 Å². The number of carbonyl (C=O) groups excluding carboxylic acids is 1. The quantitative estimate of drug-likeness (QED) is 0.697. The van der Waals surface area contributed by atoms with E-state index in [1.807, 2.05) is 0 Å². The van der Waals surface area contributed by atoms with Gasteiger partial charge in [0.25, 0.3) is 0 Å². The van der Waals surface area contributed by atoms with Gasteiger partial charge in [-0.05, 0) is 32.4 Å². The van der Waals surface area contributed by atoms with Crippen LogP contribution in [0.4, 0.5) is 0 Å².